The van der Waals surface area contributed by atoms with Crippen LogP contribution in [0.25, 0.3) is 22.4 Å². The second kappa shape index (κ2) is 4.65. The van der Waals surface area contributed by atoms with E-state index in [0.717, 1.165) is 0 Å². The number of halogens is 3. The lowest BCUT2D eigenvalue weighted by atomic mass is 10.1. The Morgan fingerprint density at radius 2 is 1.85 bits per heavy atom. The smallest absolute Gasteiger partial charge is 0.144 e. The summed E-state index contributed by atoms with van der Waals surface area (Å²) in [6, 6.07) is 7.69. The zero-order chi connectivity index (χ0) is 14.4. The van der Waals surface area contributed by atoms with Crippen molar-refractivity contribution in [2.75, 3.05) is 5.73 Å². The molecule has 0 radical (unpaired) electrons. The van der Waals surface area contributed by atoms with Gasteiger partial charge in [0.2, 0.25) is 0 Å². The molecule has 0 saturated heterocycles. The predicted octanol–water partition coefficient (Wildman–Crippen LogP) is 4.27. The lowest BCUT2D eigenvalue weighted by Crippen LogP contribution is -1.98. The first kappa shape index (κ1) is 13.2. The summed E-state index contributed by atoms with van der Waals surface area (Å²) in [6.07, 6.45) is 0. The van der Waals surface area contributed by atoms with Crippen LogP contribution < -0.4 is 5.73 Å². The third-order valence-electron chi connectivity index (χ3n) is 3.21. The van der Waals surface area contributed by atoms with Crippen molar-refractivity contribution in [2.45, 2.75) is 0 Å². The zero-order valence-corrected chi connectivity index (χ0v) is 12.0. The summed E-state index contributed by atoms with van der Waals surface area (Å²) < 4.78 is 15.1. The number of nitrogens with zero attached hydrogens (tertiary/aromatic N) is 2. The van der Waals surface area contributed by atoms with E-state index in [1.165, 1.54) is 12.1 Å². The number of fused-ring (bicyclic) bond motifs is 1. The number of anilines is 1. The maximum absolute atomic E-state index is 13.3. The van der Waals surface area contributed by atoms with Crippen LogP contribution in [0.2, 0.25) is 10.0 Å². The van der Waals surface area contributed by atoms with Gasteiger partial charge in [-0.25, -0.2) is 9.37 Å². The molecule has 6 heteroatoms. The van der Waals surface area contributed by atoms with Gasteiger partial charge in [0, 0.05) is 7.05 Å². The molecule has 0 bridgehead atoms. The van der Waals surface area contributed by atoms with Gasteiger partial charge in [0.15, 0.2) is 0 Å². The SMILES string of the molecule is Cn1c(-c2c(Cl)ccc(Cl)c2N)nc2ccc(F)cc21. The van der Waals surface area contributed by atoms with Gasteiger partial charge >= 0.3 is 0 Å². The Kier molecular flexibility index (Phi) is 3.07. The molecule has 0 unspecified atom stereocenters. The van der Waals surface area contributed by atoms with Crippen molar-refractivity contribution in [1.29, 1.82) is 0 Å². The number of imidazole rings is 1. The highest BCUT2D eigenvalue weighted by molar-refractivity contribution is 6.37. The van der Waals surface area contributed by atoms with Gasteiger partial charge in [-0.2, -0.15) is 0 Å². The molecule has 0 aliphatic heterocycles. The van der Waals surface area contributed by atoms with Crippen molar-refractivity contribution >= 4 is 39.9 Å². The number of nitrogens with two attached hydrogens (primary N) is 1. The van der Waals surface area contributed by atoms with Gasteiger partial charge < -0.3 is 10.3 Å². The van der Waals surface area contributed by atoms with Gasteiger partial charge in [-0.15, -0.1) is 0 Å². The Morgan fingerprint density at radius 1 is 1.15 bits per heavy atom. The van der Waals surface area contributed by atoms with Gasteiger partial charge in [0.25, 0.3) is 0 Å². The summed E-state index contributed by atoms with van der Waals surface area (Å²) in [7, 11) is 1.78. The normalized spacial score (nSPS) is 11.2. The molecule has 2 N–H and O–H groups in total. The van der Waals surface area contributed by atoms with E-state index >= 15 is 0 Å². The molecule has 1 aromatic heterocycles. The first-order chi connectivity index (χ1) is 9.49. The van der Waals surface area contributed by atoms with E-state index in [9.17, 15) is 4.39 Å². The lowest BCUT2D eigenvalue weighted by molar-refractivity contribution is 0.629. The minimum absolute atomic E-state index is 0.322. The van der Waals surface area contributed by atoms with E-state index < -0.39 is 0 Å². The van der Waals surface area contributed by atoms with Gasteiger partial charge in [-0.05, 0) is 30.3 Å². The fourth-order valence-electron chi connectivity index (χ4n) is 2.18. The minimum Gasteiger partial charge on any atom is -0.397 e. The van der Waals surface area contributed by atoms with Crippen LogP contribution in [0.15, 0.2) is 30.3 Å². The summed E-state index contributed by atoms with van der Waals surface area (Å²) in [4.78, 5) is 4.46. The number of aromatic nitrogens is 2. The van der Waals surface area contributed by atoms with Crippen molar-refractivity contribution in [3.63, 3.8) is 0 Å². The number of aryl methyl sites for hydroxylation is 1. The third-order valence-corrected chi connectivity index (χ3v) is 3.85. The van der Waals surface area contributed by atoms with E-state index in [-0.39, 0.29) is 5.82 Å². The Labute approximate surface area is 124 Å². The molecule has 0 aliphatic rings. The highest BCUT2D eigenvalue weighted by Crippen LogP contribution is 2.38. The number of rotatable bonds is 1. The van der Waals surface area contributed by atoms with Crippen LogP contribution in [0.4, 0.5) is 10.1 Å². The molecule has 1 heterocycles. The number of benzene rings is 2. The lowest BCUT2D eigenvalue weighted by Gasteiger charge is -2.09. The number of nitrogen functional groups attached to an aromatic ring is 1. The van der Waals surface area contributed by atoms with Crippen molar-refractivity contribution in [3.05, 3.63) is 46.2 Å². The van der Waals surface area contributed by atoms with Gasteiger partial charge in [-0.1, -0.05) is 23.2 Å². The molecule has 2 aromatic carbocycles. The standard InChI is InChI=1S/C14H10Cl2FN3/c1-20-11-6-7(17)2-5-10(11)19-14(20)12-8(15)3-4-9(16)13(12)18/h2-6H,18H2,1H3. The highest BCUT2D eigenvalue weighted by Gasteiger charge is 2.17. The summed E-state index contributed by atoms with van der Waals surface area (Å²) in [5, 5.41) is 0.855. The molecule has 0 aliphatic carbocycles. The van der Waals surface area contributed by atoms with Crippen LogP contribution in [0, 0.1) is 5.82 Å². The summed E-state index contributed by atoms with van der Waals surface area (Å²) in [5.74, 6) is 0.229. The maximum Gasteiger partial charge on any atom is 0.144 e. The summed E-state index contributed by atoms with van der Waals surface area (Å²) >= 11 is 12.2. The maximum atomic E-state index is 13.3. The van der Waals surface area contributed by atoms with Crippen LogP contribution in [0.1, 0.15) is 0 Å². The molecule has 0 amide bonds. The van der Waals surface area contributed by atoms with Crippen molar-refractivity contribution in [3.8, 4) is 11.4 Å². The van der Waals surface area contributed by atoms with Crippen LogP contribution >= 0.6 is 23.2 Å². The first-order valence-electron chi connectivity index (χ1n) is 5.85. The van der Waals surface area contributed by atoms with E-state index in [4.69, 9.17) is 28.9 Å². The summed E-state index contributed by atoms with van der Waals surface area (Å²) in [6.45, 7) is 0. The monoisotopic (exact) mass is 309 g/mol. The van der Waals surface area contributed by atoms with Crippen LogP contribution in [0.3, 0.4) is 0 Å². The molecule has 3 nitrogen and oxygen atoms in total. The molecule has 0 spiro atoms. The van der Waals surface area contributed by atoms with Crippen molar-refractivity contribution in [1.82, 2.24) is 9.55 Å². The van der Waals surface area contributed by atoms with Crippen LogP contribution in [0.5, 0.6) is 0 Å². The van der Waals surface area contributed by atoms with Crippen LogP contribution in [-0.2, 0) is 7.05 Å². The van der Waals surface area contributed by atoms with Crippen LogP contribution in [-0.4, -0.2) is 9.55 Å². The minimum atomic E-state index is -0.322. The number of hydrogen-bond donors (Lipinski definition) is 1. The van der Waals surface area contributed by atoms with E-state index in [1.54, 1.807) is 29.8 Å². The van der Waals surface area contributed by atoms with Gasteiger partial charge in [0.1, 0.15) is 11.6 Å². The fraction of sp³-hybridized carbons (Fsp3) is 0.0714. The summed E-state index contributed by atoms with van der Waals surface area (Å²) in [5.41, 5.74) is 8.23. The van der Waals surface area contributed by atoms with E-state index in [2.05, 4.69) is 4.98 Å². The Bertz CT molecular complexity index is 827. The van der Waals surface area contributed by atoms with Gasteiger partial charge in [0.05, 0.1) is 32.3 Å². The molecule has 0 saturated carbocycles. The predicted molar refractivity (Wildman–Crippen MR) is 80.5 cm³/mol. The van der Waals surface area contributed by atoms with E-state index in [1.807, 2.05) is 0 Å². The molecule has 3 rings (SSSR count). The number of hydrogen-bond acceptors (Lipinski definition) is 2. The van der Waals surface area contributed by atoms with Gasteiger partial charge in [-0.3, -0.25) is 0 Å². The molecule has 0 atom stereocenters. The molecular weight excluding hydrogens is 300 g/mol. The molecule has 0 fully saturated rings. The first-order valence-corrected chi connectivity index (χ1v) is 6.60. The second-order valence-electron chi connectivity index (χ2n) is 4.45. The highest BCUT2D eigenvalue weighted by atomic mass is 35.5. The topological polar surface area (TPSA) is 43.8 Å². The van der Waals surface area contributed by atoms with Crippen molar-refractivity contribution < 1.29 is 4.39 Å². The molecule has 102 valence electrons. The third kappa shape index (κ3) is 1.92. The fourth-order valence-corrected chi connectivity index (χ4v) is 2.59. The zero-order valence-electron chi connectivity index (χ0n) is 10.5. The molecular formula is C14H10Cl2FN3. The molecule has 20 heavy (non-hydrogen) atoms. The van der Waals surface area contributed by atoms with E-state index in [0.29, 0.717) is 38.2 Å². The van der Waals surface area contributed by atoms with Crippen molar-refractivity contribution in [2.24, 2.45) is 7.05 Å². The Hall–Kier alpha value is -1.78. The average Bonchev–Trinajstić information content (AvgIpc) is 2.72. The Morgan fingerprint density at radius 3 is 2.60 bits per heavy atom. The quantitative estimate of drug-likeness (QED) is 0.682. The molecule has 3 aromatic rings. The largest absolute Gasteiger partial charge is 0.397 e. The average molecular weight is 310 g/mol. The second-order valence-corrected chi connectivity index (χ2v) is 5.26. The Balaban J connectivity index is 2.36.